The van der Waals surface area contributed by atoms with Crippen LogP contribution in [-0.4, -0.2) is 12.1 Å². The van der Waals surface area contributed by atoms with Crippen LogP contribution in [0.15, 0.2) is 30.3 Å². The van der Waals surface area contributed by atoms with E-state index in [1.807, 2.05) is 30.3 Å². The first-order chi connectivity index (χ1) is 12.2. The van der Waals surface area contributed by atoms with Crippen LogP contribution in [0.5, 0.6) is 0 Å². The maximum atomic E-state index is 13.3. The van der Waals surface area contributed by atoms with Crippen molar-refractivity contribution in [3.63, 3.8) is 0 Å². The van der Waals surface area contributed by atoms with E-state index in [0.29, 0.717) is 0 Å². The highest BCUT2D eigenvalue weighted by Gasteiger charge is 2.29. The third-order valence-corrected chi connectivity index (χ3v) is 6.67. The van der Waals surface area contributed by atoms with Gasteiger partial charge in [-0.3, -0.25) is 4.57 Å². The molecule has 3 rings (SSSR count). The molecule has 0 atom stereocenters. The fraction of sp³-hybridized carbons (Fsp3) is 0.684. The van der Waals surface area contributed by atoms with Crippen molar-refractivity contribution >= 4 is 7.60 Å². The van der Waals surface area contributed by atoms with E-state index in [4.69, 9.17) is 9.25 Å². The zero-order valence-electron chi connectivity index (χ0n) is 15.0. The smallest absolute Gasteiger partial charge is 0.257 e. The predicted molar refractivity (Wildman–Crippen MR) is 99.9 cm³/mol. The van der Waals surface area contributed by atoms with Crippen LogP contribution >= 0.6 is 7.60 Å². The Labute approximate surface area is 151 Å². The lowest BCUT2D eigenvalue weighted by atomic mass is 9.96. The molecular formula is C19H31N2O3P. The summed E-state index contributed by atoms with van der Waals surface area (Å²) in [5.41, 5.74) is 7.04. The van der Waals surface area contributed by atoms with Crippen LogP contribution in [0.4, 0.5) is 0 Å². The van der Waals surface area contributed by atoms with Gasteiger partial charge in [0.2, 0.25) is 0 Å². The van der Waals surface area contributed by atoms with E-state index in [1.165, 1.54) is 38.5 Å². The largest absolute Gasteiger partial charge is 0.367 e. The molecule has 2 aliphatic rings. The highest BCUT2D eigenvalue weighted by Crippen LogP contribution is 2.50. The van der Waals surface area contributed by atoms with Crippen LogP contribution in [-0.2, 0) is 20.0 Å². The Bertz CT molecular complexity index is 517. The molecule has 2 aliphatic carbocycles. The molecule has 0 unspecified atom stereocenters. The number of hydroxylamine groups is 2. The average Bonchev–Trinajstić information content (AvgIpc) is 2.68. The average molecular weight is 366 g/mol. The molecule has 1 aromatic carbocycles. The van der Waals surface area contributed by atoms with Crippen LogP contribution in [0.2, 0.25) is 0 Å². The number of rotatable bonds is 8. The molecule has 0 spiro atoms. The molecule has 0 heterocycles. The number of hydrogen-bond acceptors (Lipinski definition) is 5. The number of benzene rings is 1. The second-order valence-electron chi connectivity index (χ2n) is 7.34. The minimum absolute atomic E-state index is 0.271. The summed E-state index contributed by atoms with van der Waals surface area (Å²) in [6.45, 7) is 0. The number of hydrogen-bond donors (Lipinski definition) is 2. The quantitative estimate of drug-likeness (QED) is 0.496. The van der Waals surface area contributed by atoms with Crippen molar-refractivity contribution in [1.82, 2.24) is 11.0 Å². The molecule has 0 aliphatic heterocycles. The van der Waals surface area contributed by atoms with E-state index in [9.17, 15) is 4.57 Å². The molecule has 0 radical (unpaired) electrons. The second-order valence-corrected chi connectivity index (χ2v) is 9.25. The third-order valence-electron chi connectivity index (χ3n) is 5.15. The van der Waals surface area contributed by atoms with E-state index in [0.717, 1.165) is 31.2 Å². The Balaban J connectivity index is 1.58. The summed E-state index contributed by atoms with van der Waals surface area (Å²) in [6, 6.07) is 10.3. The van der Waals surface area contributed by atoms with Crippen molar-refractivity contribution in [2.45, 2.75) is 82.5 Å². The van der Waals surface area contributed by atoms with Crippen LogP contribution in [0, 0.1) is 0 Å². The van der Waals surface area contributed by atoms with E-state index >= 15 is 0 Å². The third kappa shape index (κ3) is 6.50. The van der Waals surface area contributed by atoms with Gasteiger partial charge in [-0.25, -0.2) is 9.25 Å². The van der Waals surface area contributed by atoms with Crippen LogP contribution in [0.3, 0.4) is 0 Å². The number of nitrogens with one attached hydrogen (secondary N) is 2. The van der Waals surface area contributed by atoms with Gasteiger partial charge in [-0.15, -0.1) is 0 Å². The summed E-state index contributed by atoms with van der Waals surface area (Å²) in [5, 5.41) is 0. The summed E-state index contributed by atoms with van der Waals surface area (Å²) < 4.78 is 24.7. The van der Waals surface area contributed by atoms with Gasteiger partial charge in [-0.1, -0.05) is 68.9 Å². The zero-order valence-corrected chi connectivity index (χ0v) is 15.9. The summed E-state index contributed by atoms with van der Waals surface area (Å²) in [6.07, 6.45) is 11.9. The standard InChI is InChI=1S/C19H31N2O3P/c22-25(16-17-10-4-1-5-11-17,23-20-18-12-6-2-7-13-18)24-21-19-14-8-3-9-15-19/h1,4-5,10-11,18-21H,2-3,6-9,12-16H2. The van der Waals surface area contributed by atoms with Crippen LogP contribution in [0.25, 0.3) is 0 Å². The van der Waals surface area contributed by atoms with Crippen molar-refractivity contribution < 1.29 is 13.8 Å². The minimum Gasteiger partial charge on any atom is -0.257 e. The van der Waals surface area contributed by atoms with Crippen LogP contribution in [0.1, 0.15) is 69.8 Å². The maximum Gasteiger partial charge on any atom is 0.367 e. The van der Waals surface area contributed by atoms with Gasteiger partial charge in [0.15, 0.2) is 0 Å². The second kappa shape index (κ2) is 9.84. The fourth-order valence-electron chi connectivity index (χ4n) is 3.64. The molecule has 6 heteroatoms. The van der Waals surface area contributed by atoms with Crippen molar-refractivity contribution in [1.29, 1.82) is 0 Å². The van der Waals surface area contributed by atoms with Gasteiger partial charge >= 0.3 is 7.60 Å². The Morgan fingerprint density at radius 3 is 1.76 bits per heavy atom. The first-order valence-corrected chi connectivity index (χ1v) is 11.5. The summed E-state index contributed by atoms with van der Waals surface area (Å²) in [5.74, 6) is 0. The molecule has 5 nitrogen and oxygen atoms in total. The molecule has 0 amide bonds. The van der Waals surface area contributed by atoms with Gasteiger partial charge < -0.3 is 0 Å². The molecule has 2 N–H and O–H groups in total. The molecule has 0 aromatic heterocycles. The molecule has 2 fully saturated rings. The molecule has 2 saturated carbocycles. The monoisotopic (exact) mass is 366 g/mol. The highest BCUT2D eigenvalue weighted by molar-refractivity contribution is 7.52. The first-order valence-electron chi connectivity index (χ1n) is 9.75. The molecule has 0 saturated heterocycles. The van der Waals surface area contributed by atoms with Crippen LogP contribution < -0.4 is 11.0 Å². The molecule has 1 aromatic rings. The van der Waals surface area contributed by atoms with Gasteiger partial charge in [0.05, 0.1) is 6.16 Å². The van der Waals surface area contributed by atoms with Gasteiger partial charge in [0.1, 0.15) is 0 Å². The zero-order chi connectivity index (χ0) is 17.4. The Kier molecular flexibility index (Phi) is 7.50. The van der Waals surface area contributed by atoms with E-state index in [1.54, 1.807) is 0 Å². The fourth-order valence-corrected chi connectivity index (χ4v) is 5.08. The van der Waals surface area contributed by atoms with Crippen molar-refractivity contribution in [3.05, 3.63) is 35.9 Å². The van der Waals surface area contributed by atoms with Gasteiger partial charge in [0.25, 0.3) is 0 Å². The topological polar surface area (TPSA) is 59.6 Å². The summed E-state index contributed by atoms with van der Waals surface area (Å²) in [4.78, 5) is 0. The summed E-state index contributed by atoms with van der Waals surface area (Å²) in [7, 11) is -3.30. The lowest BCUT2D eigenvalue weighted by Crippen LogP contribution is -2.34. The SMILES string of the molecule is O=P(Cc1ccccc1)(ONC1CCCCC1)ONC1CCCCC1. The Morgan fingerprint density at radius 2 is 1.28 bits per heavy atom. The molecule has 140 valence electrons. The van der Waals surface area contributed by atoms with Gasteiger partial charge in [-0.2, -0.15) is 11.0 Å². The predicted octanol–water partition coefficient (Wildman–Crippen LogP) is 5.09. The summed E-state index contributed by atoms with van der Waals surface area (Å²) >= 11 is 0. The highest BCUT2D eigenvalue weighted by atomic mass is 31.2. The lowest BCUT2D eigenvalue weighted by Gasteiger charge is -2.28. The van der Waals surface area contributed by atoms with Crippen molar-refractivity contribution in [2.75, 3.05) is 0 Å². The molecular weight excluding hydrogens is 335 g/mol. The van der Waals surface area contributed by atoms with E-state index in [2.05, 4.69) is 11.0 Å². The molecule has 25 heavy (non-hydrogen) atoms. The van der Waals surface area contributed by atoms with Crippen molar-refractivity contribution in [3.8, 4) is 0 Å². The first kappa shape index (κ1) is 19.1. The molecule has 0 bridgehead atoms. The van der Waals surface area contributed by atoms with E-state index < -0.39 is 7.60 Å². The minimum atomic E-state index is -3.30. The lowest BCUT2D eigenvalue weighted by molar-refractivity contribution is 0.0563. The van der Waals surface area contributed by atoms with E-state index in [-0.39, 0.29) is 18.2 Å². The Morgan fingerprint density at radius 1 is 0.800 bits per heavy atom. The van der Waals surface area contributed by atoms with Gasteiger partial charge in [0, 0.05) is 12.1 Å². The van der Waals surface area contributed by atoms with Crippen molar-refractivity contribution in [2.24, 2.45) is 0 Å². The maximum absolute atomic E-state index is 13.3. The van der Waals surface area contributed by atoms with Gasteiger partial charge in [-0.05, 0) is 31.2 Å². The normalized spacial score (nSPS) is 20.6. The Hall–Kier alpha value is -0.710.